The normalized spacial score (nSPS) is 10.8. The molecule has 0 radical (unpaired) electrons. The lowest BCUT2D eigenvalue weighted by Crippen LogP contribution is -2.08. The lowest BCUT2D eigenvalue weighted by Gasteiger charge is -2.02. The van der Waals surface area contributed by atoms with Crippen LogP contribution in [0.5, 0.6) is 0 Å². The third-order valence-electron chi connectivity index (χ3n) is 1.07. The van der Waals surface area contributed by atoms with Crippen molar-refractivity contribution in [3.63, 3.8) is 0 Å². The summed E-state index contributed by atoms with van der Waals surface area (Å²) in [6.45, 7) is 5.83. The summed E-state index contributed by atoms with van der Waals surface area (Å²) in [6, 6.07) is 0. The monoisotopic (exact) mass is 184 g/mol. The molecule has 4 nitrogen and oxygen atoms in total. The highest BCUT2D eigenvalue weighted by atomic mass is 16.5. The van der Waals surface area contributed by atoms with Crippen LogP contribution in [0, 0.1) is 0 Å². The van der Waals surface area contributed by atoms with Crippen LogP contribution in [0.1, 0.15) is 13.8 Å². The summed E-state index contributed by atoms with van der Waals surface area (Å²) >= 11 is 0. The first-order valence-electron chi connectivity index (χ1n) is 3.66. The Morgan fingerprint density at radius 2 is 2.00 bits per heavy atom. The van der Waals surface area contributed by atoms with E-state index in [2.05, 4.69) is 11.3 Å². The maximum atomic E-state index is 10.8. The number of rotatable bonds is 4. The topological polar surface area (TPSA) is 63.6 Å². The molecule has 1 N–H and O–H groups in total. The highest BCUT2D eigenvalue weighted by molar-refractivity contribution is 5.88. The van der Waals surface area contributed by atoms with Crippen LogP contribution in [0.2, 0.25) is 0 Å². The standard InChI is InChI=1S/C9H12O4/c1-6(2)9(12)13-5-8(11)4-7(3)10/h4,11H,1,5H2,2-3H3/b8-4-. The van der Waals surface area contributed by atoms with Crippen LogP contribution in [-0.2, 0) is 14.3 Å². The van der Waals surface area contributed by atoms with Crippen molar-refractivity contribution in [2.45, 2.75) is 13.8 Å². The van der Waals surface area contributed by atoms with Gasteiger partial charge in [-0.25, -0.2) is 4.79 Å². The smallest absolute Gasteiger partial charge is 0.333 e. The van der Waals surface area contributed by atoms with Gasteiger partial charge in [-0.3, -0.25) is 4.79 Å². The molecule has 0 aliphatic carbocycles. The first-order chi connectivity index (χ1) is 5.93. The van der Waals surface area contributed by atoms with Crippen LogP contribution in [0.15, 0.2) is 24.0 Å². The van der Waals surface area contributed by atoms with Crippen molar-refractivity contribution in [1.82, 2.24) is 0 Å². The van der Waals surface area contributed by atoms with Gasteiger partial charge in [-0.15, -0.1) is 0 Å². The number of carbonyl (C=O) groups is 2. The van der Waals surface area contributed by atoms with Crippen molar-refractivity contribution in [3.05, 3.63) is 24.0 Å². The predicted octanol–water partition coefficient (Wildman–Crippen LogP) is 1.14. The SMILES string of the molecule is C=C(C)C(=O)OC/C(O)=C/C(C)=O. The second-order valence-electron chi connectivity index (χ2n) is 2.60. The summed E-state index contributed by atoms with van der Waals surface area (Å²) in [6.07, 6.45) is 0.992. The molecule has 0 saturated carbocycles. The van der Waals surface area contributed by atoms with E-state index in [0.717, 1.165) is 6.08 Å². The van der Waals surface area contributed by atoms with Gasteiger partial charge < -0.3 is 9.84 Å². The Morgan fingerprint density at radius 3 is 2.38 bits per heavy atom. The first kappa shape index (κ1) is 11.4. The summed E-state index contributed by atoms with van der Waals surface area (Å²) in [5.74, 6) is -1.17. The molecule has 4 heteroatoms. The van der Waals surface area contributed by atoms with Gasteiger partial charge in [0.25, 0.3) is 0 Å². The Hall–Kier alpha value is -1.58. The van der Waals surface area contributed by atoms with Gasteiger partial charge in [0.05, 0.1) is 0 Å². The zero-order chi connectivity index (χ0) is 10.4. The minimum absolute atomic E-state index is 0.246. The van der Waals surface area contributed by atoms with Crippen molar-refractivity contribution in [2.24, 2.45) is 0 Å². The molecule has 0 aliphatic heterocycles. The Labute approximate surface area is 76.5 Å². The molecule has 0 spiro atoms. The van der Waals surface area contributed by atoms with Crippen LogP contribution in [-0.4, -0.2) is 23.5 Å². The molecule has 0 aliphatic rings. The van der Waals surface area contributed by atoms with E-state index in [9.17, 15) is 9.59 Å². The van der Waals surface area contributed by atoms with E-state index in [1.807, 2.05) is 0 Å². The molecule has 13 heavy (non-hydrogen) atoms. The molecular formula is C9H12O4. The van der Waals surface area contributed by atoms with E-state index in [0.29, 0.717) is 0 Å². The minimum atomic E-state index is -0.594. The lowest BCUT2D eigenvalue weighted by atomic mass is 10.3. The quantitative estimate of drug-likeness (QED) is 0.404. The van der Waals surface area contributed by atoms with Gasteiger partial charge in [-0.1, -0.05) is 6.58 Å². The molecule has 0 fully saturated rings. The van der Waals surface area contributed by atoms with Crippen LogP contribution in [0.3, 0.4) is 0 Å². The van der Waals surface area contributed by atoms with E-state index in [1.54, 1.807) is 0 Å². The third kappa shape index (κ3) is 5.66. The maximum absolute atomic E-state index is 10.8. The molecule has 0 atom stereocenters. The van der Waals surface area contributed by atoms with Crippen LogP contribution >= 0.6 is 0 Å². The number of ether oxygens (including phenoxy) is 1. The Kier molecular flexibility index (Phi) is 4.51. The second-order valence-corrected chi connectivity index (χ2v) is 2.60. The fraction of sp³-hybridized carbons (Fsp3) is 0.333. The number of allylic oxidation sites excluding steroid dienone is 1. The van der Waals surface area contributed by atoms with Crippen molar-refractivity contribution < 1.29 is 19.4 Å². The summed E-state index contributed by atoms with van der Waals surface area (Å²) in [5, 5.41) is 8.98. The lowest BCUT2D eigenvalue weighted by molar-refractivity contribution is -0.138. The second kappa shape index (κ2) is 5.13. The Balaban J connectivity index is 3.97. The molecule has 72 valence electrons. The van der Waals surface area contributed by atoms with Crippen molar-refractivity contribution >= 4 is 11.8 Å². The molecule has 0 aromatic rings. The molecule has 0 heterocycles. The summed E-state index contributed by atoms with van der Waals surface area (Å²) in [4.78, 5) is 21.2. The molecule has 0 saturated heterocycles. The van der Waals surface area contributed by atoms with Crippen LogP contribution in [0.25, 0.3) is 0 Å². The van der Waals surface area contributed by atoms with Crippen molar-refractivity contribution in [2.75, 3.05) is 6.61 Å². The molecular weight excluding hydrogens is 172 g/mol. The average Bonchev–Trinajstić information content (AvgIpc) is 1.98. The summed E-state index contributed by atoms with van der Waals surface area (Å²) in [5.41, 5.74) is 0.246. The zero-order valence-electron chi connectivity index (χ0n) is 7.66. The number of hydrogen-bond acceptors (Lipinski definition) is 4. The molecule has 0 rings (SSSR count). The number of hydrogen-bond donors (Lipinski definition) is 1. The summed E-state index contributed by atoms with van der Waals surface area (Å²) in [7, 11) is 0. The third-order valence-corrected chi connectivity index (χ3v) is 1.07. The molecule has 0 unspecified atom stereocenters. The highest BCUT2D eigenvalue weighted by Gasteiger charge is 2.04. The number of esters is 1. The van der Waals surface area contributed by atoms with Crippen molar-refractivity contribution in [3.8, 4) is 0 Å². The van der Waals surface area contributed by atoms with Gasteiger partial charge in [0, 0.05) is 11.6 Å². The average molecular weight is 184 g/mol. The first-order valence-corrected chi connectivity index (χ1v) is 3.66. The van der Waals surface area contributed by atoms with E-state index in [1.165, 1.54) is 13.8 Å². The summed E-state index contributed by atoms with van der Waals surface area (Å²) < 4.78 is 4.56. The van der Waals surface area contributed by atoms with Crippen molar-refractivity contribution in [1.29, 1.82) is 0 Å². The number of aliphatic hydroxyl groups is 1. The predicted molar refractivity (Wildman–Crippen MR) is 47.2 cm³/mol. The van der Waals surface area contributed by atoms with Crippen LogP contribution in [0.4, 0.5) is 0 Å². The Bertz CT molecular complexity index is 263. The fourth-order valence-electron chi connectivity index (χ4n) is 0.539. The number of ketones is 1. The van der Waals surface area contributed by atoms with Crippen LogP contribution < -0.4 is 0 Å². The van der Waals surface area contributed by atoms with E-state index in [4.69, 9.17) is 5.11 Å². The van der Waals surface area contributed by atoms with Gasteiger partial charge in [0.2, 0.25) is 0 Å². The van der Waals surface area contributed by atoms with Gasteiger partial charge in [-0.2, -0.15) is 0 Å². The largest absolute Gasteiger partial charge is 0.509 e. The highest BCUT2D eigenvalue weighted by Crippen LogP contribution is 1.96. The number of carbonyl (C=O) groups excluding carboxylic acids is 2. The van der Waals surface area contributed by atoms with Gasteiger partial charge in [0.15, 0.2) is 5.78 Å². The fourth-order valence-corrected chi connectivity index (χ4v) is 0.539. The molecule has 0 aromatic heterocycles. The number of aliphatic hydroxyl groups excluding tert-OH is 1. The van der Waals surface area contributed by atoms with E-state index >= 15 is 0 Å². The molecule has 0 aromatic carbocycles. The van der Waals surface area contributed by atoms with Gasteiger partial charge >= 0.3 is 5.97 Å². The minimum Gasteiger partial charge on any atom is -0.509 e. The molecule has 0 bridgehead atoms. The van der Waals surface area contributed by atoms with Gasteiger partial charge in [-0.05, 0) is 13.8 Å². The maximum Gasteiger partial charge on any atom is 0.333 e. The zero-order valence-corrected chi connectivity index (χ0v) is 7.66. The molecule has 0 amide bonds. The Morgan fingerprint density at radius 1 is 1.46 bits per heavy atom. The van der Waals surface area contributed by atoms with E-state index < -0.39 is 5.97 Å². The van der Waals surface area contributed by atoms with Gasteiger partial charge in [0.1, 0.15) is 12.4 Å². The van der Waals surface area contributed by atoms with E-state index in [-0.39, 0.29) is 23.7 Å².